The molecular formula is C24H26N6O3. The largest absolute Gasteiger partial charge is 0.456 e. The van der Waals surface area contributed by atoms with Gasteiger partial charge in [0.05, 0.1) is 17.6 Å². The first-order valence-corrected chi connectivity index (χ1v) is 11.0. The van der Waals surface area contributed by atoms with E-state index in [1.54, 1.807) is 11.1 Å². The van der Waals surface area contributed by atoms with Crippen LogP contribution in [0.1, 0.15) is 12.6 Å². The van der Waals surface area contributed by atoms with E-state index in [1.807, 2.05) is 59.3 Å². The van der Waals surface area contributed by atoms with Crippen molar-refractivity contribution in [1.29, 1.82) is 0 Å². The minimum absolute atomic E-state index is 0.203. The number of fused-ring (bicyclic) bond motifs is 1. The van der Waals surface area contributed by atoms with Crippen LogP contribution in [0.4, 0.5) is 0 Å². The van der Waals surface area contributed by atoms with Crippen LogP contribution >= 0.6 is 0 Å². The normalized spacial score (nSPS) is 15.6. The number of aromatic amines is 1. The maximum Gasteiger partial charge on any atom is 0.251 e. The van der Waals surface area contributed by atoms with Crippen LogP contribution in [0.5, 0.6) is 11.5 Å². The van der Waals surface area contributed by atoms with Gasteiger partial charge in [-0.25, -0.2) is 4.98 Å². The number of amides is 1. The zero-order valence-corrected chi connectivity index (χ0v) is 18.4. The number of aliphatic hydroxyl groups is 1. The van der Waals surface area contributed by atoms with Crippen LogP contribution in [0.25, 0.3) is 16.9 Å². The highest BCUT2D eigenvalue weighted by Gasteiger charge is 2.24. The molecule has 170 valence electrons. The zero-order valence-electron chi connectivity index (χ0n) is 18.4. The number of aliphatic hydroxyl groups excluding tert-OH is 1. The Morgan fingerprint density at radius 3 is 2.52 bits per heavy atom. The van der Waals surface area contributed by atoms with Crippen molar-refractivity contribution in [2.24, 2.45) is 0 Å². The second kappa shape index (κ2) is 9.05. The molecular weight excluding hydrogens is 420 g/mol. The molecule has 0 aliphatic carbocycles. The van der Waals surface area contributed by atoms with E-state index in [2.05, 4.69) is 15.1 Å². The first kappa shape index (κ1) is 21.2. The van der Waals surface area contributed by atoms with Gasteiger partial charge in [0.15, 0.2) is 0 Å². The number of pyridine rings is 1. The lowest BCUT2D eigenvalue weighted by Crippen LogP contribution is -2.50. The smallest absolute Gasteiger partial charge is 0.251 e. The van der Waals surface area contributed by atoms with Crippen molar-refractivity contribution in [2.75, 3.05) is 26.2 Å². The number of benzene rings is 1. The van der Waals surface area contributed by atoms with Crippen LogP contribution in [0.2, 0.25) is 0 Å². The van der Waals surface area contributed by atoms with E-state index >= 15 is 0 Å². The molecule has 0 radical (unpaired) electrons. The molecule has 1 aliphatic rings. The molecule has 1 atom stereocenters. The number of imidazole rings is 1. The molecule has 1 fully saturated rings. The van der Waals surface area contributed by atoms with Crippen LogP contribution in [0.15, 0.2) is 61.1 Å². The van der Waals surface area contributed by atoms with E-state index < -0.39 is 6.10 Å². The molecule has 0 spiro atoms. The van der Waals surface area contributed by atoms with Gasteiger partial charge in [0.25, 0.3) is 5.91 Å². The predicted molar refractivity (Wildman–Crippen MR) is 123 cm³/mol. The van der Waals surface area contributed by atoms with Crippen molar-refractivity contribution >= 4 is 11.6 Å². The Morgan fingerprint density at radius 1 is 1.06 bits per heavy atom. The van der Waals surface area contributed by atoms with Crippen LogP contribution in [-0.4, -0.2) is 72.7 Å². The van der Waals surface area contributed by atoms with Gasteiger partial charge in [-0.1, -0.05) is 0 Å². The van der Waals surface area contributed by atoms with Crippen LogP contribution < -0.4 is 4.74 Å². The molecule has 1 saturated heterocycles. The fourth-order valence-electron chi connectivity index (χ4n) is 4.04. The predicted octanol–water partition coefficient (Wildman–Crippen LogP) is 2.54. The first-order chi connectivity index (χ1) is 16.0. The van der Waals surface area contributed by atoms with E-state index in [-0.39, 0.29) is 5.91 Å². The lowest BCUT2D eigenvalue weighted by Gasteiger charge is -2.34. The summed E-state index contributed by atoms with van der Waals surface area (Å²) in [6.07, 6.45) is 4.72. The first-order valence-electron chi connectivity index (χ1n) is 11.0. The molecule has 1 amide bonds. The second-order valence-corrected chi connectivity index (χ2v) is 8.24. The Hall–Kier alpha value is -3.69. The van der Waals surface area contributed by atoms with Gasteiger partial charge < -0.3 is 19.1 Å². The molecule has 3 aromatic heterocycles. The van der Waals surface area contributed by atoms with Crippen LogP contribution in [0, 0.1) is 0 Å². The third kappa shape index (κ3) is 4.74. The Bertz CT molecular complexity index is 1230. The van der Waals surface area contributed by atoms with Gasteiger partial charge in [-0.3, -0.25) is 14.8 Å². The number of ether oxygens (including phenoxy) is 1. The molecule has 9 nitrogen and oxygen atoms in total. The van der Waals surface area contributed by atoms with Crippen LogP contribution in [0.3, 0.4) is 0 Å². The number of aromatic nitrogens is 4. The number of hydrogen-bond donors (Lipinski definition) is 2. The number of H-pyrrole nitrogens is 1. The summed E-state index contributed by atoms with van der Waals surface area (Å²) in [5.74, 6) is 1.28. The molecule has 4 aromatic rings. The highest BCUT2D eigenvalue weighted by molar-refractivity contribution is 5.80. The van der Waals surface area contributed by atoms with E-state index in [4.69, 9.17) is 9.72 Å². The Morgan fingerprint density at radius 2 is 1.82 bits per heavy atom. The number of nitrogens with zero attached hydrogens (tertiary/aromatic N) is 5. The monoisotopic (exact) mass is 446 g/mol. The third-order valence-corrected chi connectivity index (χ3v) is 5.80. The summed E-state index contributed by atoms with van der Waals surface area (Å²) in [4.78, 5) is 20.6. The van der Waals surface area contributed by atoms with Crippen LogP contribution in [-0.2, 0) is 11.3 Å². The molecule has 33 heavy (non-hydrogen) atoms. The van der Waals surface area contributed by atoms with Crippen molar-refractivity contribution in [3.8, 4) is 22.8 Å². The lowest BCUT2D eigenvalue weighted by molar-refractivity contribution is -0.141. The standard InChI is InChI=1S/C24H26N6O3/c1-17(31)24(32)29-12-10-28(11-13-29)14-19-15-30-16-21(6-7-23(30)26-19)33-20-4-2-18(3-5-20)22-8-9-25-27-22/h2-9,15-17,31H,10-14H2,1H3,(H,25,27). The summed E-state index contributed by atoms with van der Waals surface area (Å²) in [6.45, 7) is 4.98. The summed E-state index contributed by atoms with van der Waals surface area (Å²) in [7, 11) is 0. The van der Waals surface area contributed by atoms with E-state index in [1.165, 1.54) is 6.92 Å². The number of piperazine rings is 1. The molecule has 1 unspecified atom stereocenters. The number of carbonyl (C=O) groups excluding carboxylic acids is 1. The third-order valence-electron chi connectivity index (χ3n) is 5.80. The summed E-state index contributed by atoms with van der Waals surface area (Å²) in [6, 6.07) is 13.6. The molecule has 1 aliphatic heterocycles. The fraction of sp³-hybridized carbons (Fsp3) is 0.292. The maximum atomic E-state index is 11.9. The Balaban J connectivity index is 1.22. The van der Waals surface area contributed by atoms with Gasteiger partial charge >= 0.3 is 0 Å². The topological polar surface area (TPSA) is 99.0 Å². The number of hydrogen-bond acceptors (Lipinski definition) is 6. The van der Waals surface area contributed by atoms with Gasteiger partial charge in [-0.15, -0.1) is 0 Å². The van der Waals surface area contributed by atoms with Crippen molar-refractivity contribution < 1.29 is 14.6 Å². The zero-order chi connectivity index (χ0) is 22.8. The second-order valence-electron chi connectivity index (χ2n) is 8.24. The van der Waals surface area contributed by atoms with Crippen molar-refractivity contribution in [1.82, 2.24) is 29.4 Å². The Labute approximate surface area is 191 Å². The van der Waals surface area contributed by atoms with Gasteiger partial charge in [-0.2, -0.15) is 5.10 Å². The van der Waals surface area contributed by atoms with Gasteiger partial charge in [-0.05, 0) is 55.0 Å². The number of carbonyl (C=O) groups is 1. The van der Waals surface area contributed by atoms with Crippen molar-refractivity contribution in [2.45, 2.75) is 19.6 Å². The number of rotatable bonds is 6. The maximum absolute atomic E-state index is 11.9. The van der Waals surface area contributed by atoms with Gasteiger partial charge in [0, 0.05) is 45.1 Å². The molecule has 5 rings (SSSR count). The minimum Gasteiger partial charge on any atom is -0.456 e. The lowest BCUT2D eigenvalue weighted by atomic mass is 10.1. The average Bonchev–Trinajstić information content (AvgIpc) is 3.49. The van der Waals surface area contributed by atoms with E-state index in [0.29, 0.717) is 19.6 Å². The average molecular weight is 447 g/mol. The highest BCUT2D eigenvalue weighted by atomic mass is 16.5. The molecule has 0 bridgehead atoms. The molecule has 4 heterocycles. The van der Waals surface area contributed by atoms with Crippen molar-refractivity contribution in [3.05, 3.63) is 66.7 Å². The summed E-state index contributed by atoms with van der Waals surface area (Å²) < 4.78 is 8.00. The molecule has 2 N–H and O–H groups in total. The van der Waals surface area contributed by atoms with Gasteiger partial charge in [0.2, 0.25) is 0 Å². The number of nitrogens with one attached hydrogen (secondary N) is 1. The molecule has 9 heteroatoms. The summed E-state index contributed by atoms with van der Waals surface area (Å²) >= 11 is 0. The van der Waals surface area contributed by atoms with Crippen molar-refractivity contribution in [3.63, 3.8) is 0 Å². The van der Waals surface area contributed by atoms with E-state index in [9.17, 15) is 9.90 Å². The fourth-order valence-corrected chi connectivity index (χ4v) is 4.04. The minimum atomic E-state index is -0.944. The summed E-state index contributed by atoms with van der Waals surface area (Å²) in [5, 5.41) is 16.4. The molecule has 0 saturated carbocycles. The SMILES string of the molecule is CC(O)C(=O)N1CCN(Cc2cn3cc(Oc4ccc(-c5ccn[nH]5)cc4)ccc3n2)CC1. The highest BCUT2D eigenvalue weighted by Crippen LogP contribution is 2.25. The molecule has 1 aromatic carbocycles. The summed E-state index contributed by atoms with van der Waals surface area (Å²) in [5.41, 5.74) is 3.83. The van der Waals surface area contributed by atoms with E-state index in [0.717, 1.165) is 47.2 Å². The quantitative estimate of drug-likeness (QED) is 0.472. The Kier molecular flexibility index (Phi) is 5.80. The van der Waals surface area contributed by atoms with Gasteiger partial charge in [0.1, 0.15) is 23.3 Å².